The van der Waals surface area contributed by atoms with E-state index in [9.17, 15) is 4.39 Å². The highest BCUT2D eigenvalue weighted by molar-refractivity contribution is 5.70. The van der Waals surface area contributed by atoms with E-state index in [-0.39, 0.29) is 11.2 Å². The summed E-state index contributed by atoms with van der Waals surface area (Å²) in [5, 5.41) is 0. The zero-order valence-electron chi connectivity index (χ0n) is 11.3. The number of hydrogen-bond acceptors (Lipinski definition) is 3. The van der Waals surface area contributed by atoms with Crippen LogP contribution in [-0.4, -0.2) is 20.2 Å². The molecule has 0 atom stereocenters. The van der Waals surface area contributed by atoms with Gasteiger partial charge in [0, 0.05) is 25.2 Å². The highest BCUT2D eigenvalue weighted by atomic mass is 19.1. The van der Waals surface area contributed by atoms with Crippen LogP contribution in [0.3, 0.4) is 0 Å². The number of hydrogen-bond donors (Lipinski definition) is 1. The number of rotatable bonds is 2. The van der Waals surface area contributed by atoms with Crippen LogP contribution in [0.2, 0.25) is 0 Å². The van der Waals surface area contributed by atoms with Crippen molar-refractivity contribution >= 4 is 11.4 Å². The van der Waals surface area contributed by atoms with Crippen molar-refractivity contribution in [2.45, 2.75) is 26.7 Å². The molecule has 2 rings (SSSR count). The first-order valence-corrected chi connectivity index (χ1v) is 6.31. The number of anilines is 2. The van der Waals surface area contributed by atoms with Crippen LogP contribution in [0.4, 0.5) is 15.8 Å². The Bertz CT molecular complexity index is 446. The van der Waals surface area contributed by atoms with Gasteiger partial charge >= 0.3 is 0 Å². The topological polar surface area (TPSA) is 38.5 Å². The lowest BCUT2D eigenvalue weighted by Crippen LogP contribution is -2.40. The highest BCUT2D eigenvalue weighted by Crippen LogP contribution is 2.36. The molecule has 0 aliphatic carbocycles. The Balaban J connectivity index is 2.32. The van der Waals surface area contributed by atoms with Crippen molar-refractivity contribution in [3.05, 3.63) is 17.9 Å². The SMILES string of the molecule is COc1cc(N2CCCC(C)(C)C2)c(N)cc1F. The third-order valence-corrected chi connectivity index (χ3v) is 3.54. The quantitative estimate of drug-likeness (QED) is 0.822. The van der Waals surface area contributed by atoms with Crippen LogP contribution in [-0.2, 0) is 0 Å². The summed E-state index contributed by atoms with van der Waals surface area (Å²) in [5.41, 5.74) is 7.55. The van der Waals surface area contributed by atoms with Crippen LogP contribution in [0, 0.1) is 11.2 Å². The van der Waals surface area contributed by atoms with E-state index in [2.05, 4.69) is 18.7 Å². The molecule has 0 bridgehead atoms. The minimum absolute atomic E-state index is 0.252. The summed E-state index contributed by atoms with van der Waals surface area (Å²) in [6.45, 7) is 6.39. The lowest BCUT2D eigenvalue weighted by atomic mass is 9.84. The van der Waals surface area contributed by atoms with Gasteiger partial charge in [0.25, 0.3) is 0 Å². The molecule has 1 aliphatic heterocycles. The molecule has 1 heterocycles. The summed E-state index contributed by atoms with van der Waals surface area (Å²) in [4.78, 5) is 2.22. The molecule has 2 N–H and O–H groups in total. The van der Waals surface area contributed by atoms with Gasteiger partial charge in [-0.3, -0.25) is 0 Å². The van der Waals surface area contributed by atoms with Crippen LogP contribution < -0.4 is 15.4 Å². The van der Waals surface area contributed by atoms with Gasteiger partial charge in [-0.05, 0) is 18.3 Å². The number of nitrogens with two attached hydrogens (primary N) is 1. The molecule has 18 heavy (non-hydrogen) atoms. The predicted octanol–water partition coefficient (Wildman–Crippen LogP) is 3.04. The van der Waals surface area contributed by atoms with Gasteiger partial charge in [0.2, 0.25) is 0 Å². The van der Waals surface area contributed by atoms with E-state index < -0.39 is 5.82 Å². The molecule has 4 heteroatoms. The van der Waals surface area contributed by atoms with Gasteiger partial charge < -0.3 is 15.4 Å². The van der Waals surface area contributed by atoms with Gasteiger partial charge in [0.05, 0.1) is 18.5 Å². The van der Waals surface area contributed by atoms with Crippen LogP contribution in [0.1, 0.15) is 26.7 Å². The van der Waals surface area contributed by atoms with E-state index >= 15 is 0 Å². The monoisotopic (exact) mass is 252 g/mol. The van der Waals surface area contributed by atoms with Crippen molar-refractivity contribution in [2.24, 2.45) is 5.41 Å². The molecule has 0 aromatic heterocycles. The van der Waals surface area contributed by atoms with Crippen LogP contribution in [0.15, 0.2) is 12.1 Å². The molecule has 1 aromatic carbocycles. The van der Waals surface area contributed by atoms with Crippen molar-refractivity contribution < 1.29 is 9.13 Å². The largest absolute Gasteiger partial charge is 0.494 e. The Morgan fingerprint density at radius 2 is 2.11 bits per heavy atom. The van der Waals surface area contributed by atoms with Gasteiger partial charge in [-0.15, -0.1) is 0 Å². The molecular weight excluding hydrogens is 231 g/mol. The number of halogens is 1. The lowest BCUT2D eigenvalue weighted by Gasteiger charge is -2.40. The van der Waals surface area contributed by atoms with Gasteiger partial charge in [0.1, 0.15) is 0 Å². The molecule has 0 unspecified atom stereocenters. The van der Waals surface area contributed by atoms with Crippen molar-refractivity contribution in [3.63, 3.8) is 0 Å². The maximum absolute atomic E-state index is 13.5. The summed E-state index contributed by atoms with van der Waals surface area (Å²) in [6, 6.07) is 3.04. The predicted molar refractivity (Wildman–Crippen MR) is 72.6 cm³/mol. The maximum Gasteiger partial charge on any atom is 0.167 e. The molecule has 1 saturated heterocycles. The summed E-state index contributed by atoms with van der Waals surface area (Å²) >= 11 is 0. The number of benzene rings is 1. The smallest absolute Gasteiger partial charge is 0.167 e. The number of methoxy groups -OCH3 is 1. The van der Waals surface area contributed by atoms with E-state index in [1.165, 1.54) is 19.6 Å². The second kappa shape index (κ2) is 4.67. The van der Waals surface area contributed by atoms with Gasteiger partial charge in [-0.1, -0.05) is 13.8 Å². The second-order valence-electron chi connectivity index (χ2n) is 5.73. The van der Waals surface area contributed by atoms with Gasteiger partial charge in [-0.25, -0.2) is 4.39 Å². The van der Waals surface area contributed by atoms with Crippen LogP contribution in [0.25, 0.3) is 0 Å². The molecule has 0 saturated carbocycles. The Kier molecular flexibility index (Phi) is 3.37. The molecule has 0 radical (unpaired) electrons. The highest BCUT2D eigenvalue weighted by Gasteiger charge is 2.27. The summed E-state index contributed by atoms with van der Waals surface area (Å²) < 4.78 is 18.6. The third kappa shape index (κ3) is 2.52. The minimum atomic E-state index is -0.407. The summed E-state index contributed by atoms with van der Waals surface area (Å²) in [6.07, 6.45) is 2.34. The summed E-state index contributed by atoms with van der Waals surface area (Å²) in [7, 11) is 1.47. The van der Waals surface area contributed by atoms with E-state index in [4.69, 9.17) is 10.5 Å². The van der Waals surface area contributed by atoms with Gasteiger partial charge in [0.15, 0.2) is 11.6 Å². The van der Waals surface area contributed by atoms with E-state index in [1.54, 1.807) is 6.07 Å². The third-order valence-electron chi connectivity index (χ3n) is 3.54. The first kappa shape index (κ1) is 13.0. The maximum atomic E-state index is 13.5. The fraction of sp³-hybridized carbons (Fsp3) is 0.571. The zero-order chi connectivity index (χ0) is 13.3. The normalized spacial score (nSPS) is 18.8. The van der Waals surface area contributed by atoms with Crippen molar-refractivity contribution in [3.8, 4) is 5.75 Å². The summed E-state index contributed by atoms with van der Waals surface area (Å²) in [5.74, 6) is -0.155. The lowest BCUT2D eigenvalue weighted by molar-refractivity contribution is 0.293. The van der Waals surface area contributed by atoms with E-state index in [0.29, 0.717) is 5.69 Å². The fourth-order valence-corrected chi connectivity index (χ4v) is 2.62. The van der Waals surface area contributed by atoms with Gasteiger partial charge in [-0.2, -0.15) is 0 Å². The van der Waals surface area contributed by atoms with Crippen molar-refractivity contribution in [2.75, 3.05) is 30.8 Å². The minimum Gasteiger partial charge on any atom is -0.494 e. The Hall–Kier alpha value is -1.45. The molecule has 1 aromatic rings. The zero-order valence-corrected chi connectivity index (χ0v) is 11.3. The Morgan fingerprint density at radius 1 is 1.39 bits per heavy atom. The number of nitrogen functional groups attached to an aromatic ring is 1. The molecule has 0 amide bonds. The molecular formula is C14H21FN2O. The first-order chi connectivity index (χ1) is 8.43. The molecule has 3 nitrogen and oxygen atoms in total. The molecule has 0 spiro atoms. The van der Waals surface area contributed by atoms with E-state index in [1.807, 2.05) is 0 Å². The molecule has 1 fully saturated rings. The van der Waals surface area contributed by atoms with Crippen LogP contribution >= 0.6 is 0 Å². The van der Waals surface area contributed by atoms with Crippen molar-refractivity contribution in [1.29, 1.82) is 0 Å². The first-order valence-electron chi connectivity index (χ1n) is 6.31. The Morgan fingerprint density at radius 3 is 2.72 bits per heavy atom. The average molecular weight is 252 g/mol. The fourth-order valence-electron chi connectivity index (χ4n) is 2.62. The second-order valence-corrected chi connectivity index (χ2v) is 5.73. The Labute approximate surface area is 108 Å². The number of ether oxygens (including phenoxy) is 1. The number of piperidine rings is 1. The molecule has 100 valence electrons. The molecule has 1 aliphatic rings. The average Bonchev–Trinajstić information content (AvgIpc) is 2.27. The van der Waals surface area contributed by atoms with Crippen LogP contribution in [0.5, 0.6) is 5.75 Å². The standard InChI is InChI=1S/C14H21FN2O/c1-14(2)5-4-6-17(9-14)12-8-13(18-3)10(15)7-11(12)16/h7-8H,4-6,9,16H2,1-3H3. The van der Waals surface area contributed by atoms with Crippen molar-refractivity contribution in [1.82, 2.24) is 0 Å². The van der Waals surface area contributed by atoms with E-state index in [0.717, 1.165) is 25.2 Å². The number of nitrogens with zero attached hydrogens (tertiary/aromatic N) is 1.